The minimum Gasteiger partial charge on any atom is -0.508 e. The van der Waals surface area contributed by atoms with Crippen molar-refractivity contribution in [3.05, 3.63) is 47.8 Å². The molecule has 1 aromatic carbocycles. The molecule has 0 saturated carbocycles. The fourth-order valence-corrected chi connectivity index (χ4v) is 1.68. The SMILES string of the molecule is Cn1c(CN)ccc1COc1cccc(O)c1. The summed E-state index contributed by atoms with van der Waals surface area (Å²) in [6, 6.07) is 10.7. The van der Waals surface area contributed by atoms with Crippen LogP contribution in [0.3, 0.4) is 0 Å². The highest BCUT2D eigenvalue weighted by Crippen LogP contribution is 2.19. The van der Waals surface area contributed by atoms with E-state index in [1.807, 2.05) is 29.8 Å². The van der Waals surface area contributed by atoms with Crippen molar-refractivity contribution in [2.24, 2.45) is 12.8 Å². The molecule has 0 atom stereocenters. The Morgan fingerprint density at radius 2 is 2.00 bits per heavy atom. The smallest absolute Gasteiger partial charge is 0.128 e. The lowest BCUT2D eigenvalue weighted by molar-refractivity contribution is 0.295. The second kappa shape index (κ2) is 4.93. The first-order valence-corrected chi connectivity index (χ1v) is 5.46. The van der Waals surface area contributed by atoms with Crippen LogP contribution >= 0.6 is 0 Å². The summed E-state index contributed by atoms with van der Waals surface area (Å²) >= 11 is 0. The van der Waals surface area contributed by atoms with E-state index in [1.54, 1.807) is 18.2 Å². The molecule has 4 nitrogen and oxygen atoms in total. The van der Waals surface area contributed by atoms with Gasteiger partial charge in [-0.2, -0.15) is 0 Å². The van der Waals surface area contributed by atoms with Gasteiger partial charge in [0.2, 0.25) is 0 Å². The maximum Gasteiger partial charge on any atom is 0.128 e. The first kappa shape index (κ1) is 11.5. The second-order valence-corrected chi connectivity index (χ2v) is 3.87. The van der Waals surface area contributed by atoms with E-state index < -0.39 is 0 Å². The van der Waals surface area contributed by atoms with E-state index in [-0.39, 0.29) is 5.75 Å². The van der Waals surface area contributed by atoms with Gasteiger partial charge in [-0.1, -0.05) is 6.07 Å². The number of hydrogen-bond donors (Lipinski definition) is 2. The van der Waals surface area contributed by atoms with E-state index in [2.05, 4.69) is 0 Å². The fourth-order valence-electron chi connectivity index (χ4n) is 1.68. The van der Waals surface area contributed by atoms with Crippen LogP contribution in [0.5, 0.6) is 11.5 Å². The number of nitrogens with zero attached hydrogens (tertiary/aromatic N) is 1. The monoisotopic (exact) mass is 232 g/mol. The first-order chi connectivity index (χ1) is 8.20. The molecule has 0 bridgehead atoms. The molecule has 1 heterocycles. The second-order valence-electron chi connectivity index (χ2n) is 3.87. The number of aromatic nitrogens is 1. The van der Waals surface area contributed by atoms with Gasteiger partial charge in [-0.25, -0.2) is 0 Å². The molecule has 0 unspecified atom stereocenters. The van der Waals surface area contributed by atoms with E-state index >= 15 is 0 Å². The minimum absolute atomic E-state index is 0.206. The highest BCUT2D eigenvalue weighted by Gasteiger charge is 2.04. The highest BCUT2D eigenvalue weighted by atomic mass is 16.5. The zero-order valence-electron chi connectivity index (χ0n) is 9.76. The molecule has 1 aromatic heterocycles. The lowest BCUT2D eigenvalue weighted by Crippen LogP contribution is -2.07. The van der Waals surface area contributed by atoms with Crippen molar-refractivity contribution in [3.8, 4) is 11.5 Å². The molecule has 0 fully saturated rings. The first-order valence-electron chi connectivity index (χ1n) is 5.46. The summed E-state index contributed by atoms with van der Waals surface area (Å²) < 4.78 is 7.61. The molecule has 90 valence electrons. The van der Waals surface area contributed by atoms with Crippen molar-refractivity contribution >= 4 is 0 Å². The van der Waals surface area contributed by atoms with E-state index in [9.17, 15) is 5.11 Å². The summed E-state index contributed by atoms with van der Waals surface area (Å²) in [7, 11) is 1.96. The molecule has 0 saturated heterocycles. The molecule has 0 radical (unpaired) electrons. The summed E-state index contributed by atoms with van der Waals surface area (Å²) in [6.45, 7) is 0.975. The summed E-state index contributed by atoms with van der Waals surface area (Å²) in [5, 5.41) is 9.31. The van der Waals surface area contributed by atoms with Gasteiger partial charge in [0.15, 0.2) is 0 Å². The number of phenolic OH excluding ortho intramolecular Hbond substituents is 1. The molecule has 0 aliphatic heterocycles. The van der Waals surface area contributed by atoms with Gasteiger partial charge in [-0.3, -0.25) is 0 Å². The fraction of sp³-hybridized carbons (Fsp3) is 0.231. The van der Waals surface area contributed by atoms with E-state index in [1.165, 1.54) is 0 Å². The van der Waals surface area contributed by atoms with Gasteiger partial charge < -0.3 is 20.1 Å². The number of hydrogen-bond acceptors (Lipinski definition) is 3. The number of aromatic hydroxyl groups is 1. The Morgan fingerprint density at radius 3 is 2.65 bits per heavy atom. The van der Waals surface area contributed by atoms with Crippen molar-refractivity contribution in [3.63, 3.8) is 0 Å². The van der Waals surface area contributed by atoms with Crippen LogP contribution in [0.4, 0.5) is 0 Å². The van der Waals surface area contributed by atoms with Crippen LogP contribution in [0.1, 0.15) is 11.4 Å². The molecule has 0 aliphatic carbocycles. The quantitative estimate of drug-likeness (QED) is 0.844. The van der Waals surface area contributed by atoms with E-state index in [0.717, 1.165) is 11.4 Å². The van der Waals surface area contributed by atoms with Crippen LogP contribution in [-0.2, 0) is 20.2 Å². The van der Waals surface area contributed by atoms with Crippen LogP contribution < -0.4 is 10.5 Å². The molecule has 0 aliphatic rings. The zero-order chi connectivity index (χ0) is 12.3. The van der Waals surface area contributed by atoms with Gasteiger partial charge in [0.25, 0.3) is 0 Å². The minimum atomic E-state index is 0.206. The maximum atomic E-state index is 9.31. The number of nitrogens with two attached hydrogens (primary N) is 1. The molecule has 0 spiro atoms. The normalized spacial score (nSPS) is 10.5. The summed E-state index contributed by atoms with van der Waals surface area (Å²) in [6.07, 6.45) is 0. The van der Waals surface area contributed by atoms with Crippen molar-refractivity contribution in [2.45, 2.75) is 13.2 Å². The average molecular weight is 232 g/mol. The molecular formula is C13H16N2O2. The average Bonchev–Trinajstić information content (AvgIpc) is 2.67. The maximum absolute atomic E-state index is 9.31. The third-order valence-corrected chi connectivity index (χ3v) is 2.74. The molecule has 17 heavy (non-hydrogen) atoms. The van der Waals surface area contributed by atoms with Gasteiger partial charge in [0.05, 0.1) is 5.69 Å². The topological polar surface area (TPSA) is 60.4 Å². The zero-order valence-corrected chi connectivity index (χ0v) is 9.76. The van der Waals surface area contributed by atoms with Gasteiger partial charge in [-0.15, -0.1) is 0 Å². The van der Waals surface area contributed by atoms with Crippen LogP contribution in [0.15, 0.2) is 36.4 Å². The molecule has 0 amide bonds. The van der Waals surface area contributed by atoms with Crippen molar-refractivity contribution < 1.29 is 9.84 Å². The Labute approximate surface area is 100 Å². The third-order valence-electron chi connectivity index (χ3n) is 2.74. The standard InChI is InChI=1S/C13H16N2O2/c1-15-10(8-14)5-6-11(15)9-17-13-4-2-3-12(16)7-13/h2-7,16H,8-9,14H2,1H3. The largest absolute Gasteiger partial charge is 0.508 e. The molecular weight excluding hydrogens is 216 g/mol. The lowest BCUT2D eigenvalue weighted by atomic mass is 10.3. The molecule has 3 N–H and O–H groups in total. The molecule has 2 aromatic rings. The van der Waals surface area contributed by atoms with Crippen molar-refractivity contribution in [1.82, 2.24) is 4.57 Å². The van der Waals surface area contributed by atoms with Crippen LogP contribution in [0, 0.1) is 0 Å². The Kier molecular flexibility index (Phi) is 3.35. The Balaban J connectivity index is 2.05. The van der Waals surface area contributed by atoms with E-state index in [0.29, 0.717) is 18.9 Å². The van der Waals surface area contributed by atoms with Gasteiger partial charge >= 0.3 is 0 Å². The third kappa shape index (κ3) is 2.60. The van der Waals surface area contributed by atoms with Gasteiger partial charge in [0.1, 0.15) is 18.1 Å². The van der Waals surface area contributed by atoms with Crippen LogP contribution in [-0.4, -0.2) is 9.67 Å². The summed E-state index contributed by atoms with van der Waals surface area (Å²) in [5.74, 6) is 0.859. The van der Waals surface area contributed by atoms with Gasteiger partial charge in [-0.05, 0) is 24.3 Å². The van der Waals surface area contributed by atoms with Crippen LogP contribution in [0.25, 0.3) is 0 Å². The Bertz CT molecular complexity index is 506. The predicted molar refractivity (Wildman–Crippen MR) is 65.7 cm³/mol. The van der Waals surface area contributed by atoms with Crippen molar-refractivity contribution in [2.75, 3.05) is 0 Å². The Morgan fingerprint density at radius 1 is 1.24 bits per heavy atom. The van der Waals surface area contributed by atoms with Crippen molar-refractivity contribution in [1.29, 1.82) is 0 Å². The van der Waals surface area contributed by atoms with Crippen LogP contribution in [0.2, 0.25) is 0 Å². The Hall–Kier alpha value is -1.94. The number of benzene rings is 1. The summed E-state index contributed by atoms with van der Waals surface area (Å²) in [4.78, 5) is 0. The highest BCUT2D eigenvalue weighted by molar-refractivity contribution is 5.31. The van der Waals surface area contributed by atoms with Gasteiger partial charge in [0, 0.05) is 25.4 Å². The number of rotatable bonds is 4. The predicted octanol–water partition coefficient (Wildman–Crippen LogP) is 1.77. The molecule has 4 heteroatoms. The number of phenols is 1. The summed E-state index contributed by atoms with van der Waals surface area (Å²) in [5.41, 5.74) is 7.72. The number of ether oxygens (including phenoxy) is 1. The van der Waals surface area contributed by atoms with E-state index in [4.69, 9.17) is 10.5 Å². The molecule has 2 rings (SSSR count). The lowest BCUT2D eigenvalue weighted by Gasteiger charge is -2.09.